The van der Waals surface area contributed by atoms with Crippen molar-refractivity contribution in [3.05, 3.63) is 0 Å². The van der Waals surface area contributed by atoms with Gasteiger partial charge >= 0.3 is 0 Å². The molecule has 1 nitrogen and oxygen atoms in total. The van der Waals surface area contributed by atoms with E-state index in [0.717, 1.165) is 17.9 Å². The summed E-state index contributed by atoms with van der Waals surface area (Å²) >= 11 is 0. The van der Waals surface area contributed by atoms with Crippen LogP contribution in [-0.4, -0.2) is 12.6 Å². The van der Waals surface area contributed by atoms with Crippen molar-refractivity contribution in [2.75, 3.05) is 6.54 Å². The molecule has 15 heavy (non-hydrogen) atoms. The summed E-state index contributed by atoms with van der Waals surface area (Å²) in [5.74, 6) is 1.78. The molecule has 1 heteroatoms. The molecule has 0 aliphatic heterocycles. The lowest BCUT2D eigenvalue weighted by Crippen LogP contribution is -2.43. The van der Waals surface area contributed by atoms with Crippen LogP contribution in [0, 0.1) is 11.8 Å². The third-order valence-corrected chi connectivity index (χ3v) is 3.96. The van der Waals surface area contributed by atoms with Gasteiger partial charge in [-0.05, 0) is 37.6 Å². The SMILES string of the molecule is CCCCCCNC1C(C)CCCC1C. The molecule has 0 aromatic heterocycles. The lowest BCUT2D eigenvalue weighted by molar-refractivity contribution is 0.208. The summed E-state index contributed by atoms with van der Waals surface area (Å²) in [6.45, 7) is 8.34. The van der Waals surface area contributed by atoms with Crippen LogP contribution in [0.25, 0.3) is 0 Å². The Morgan fingerprint density at radius 1 is 1.00 bits per heavy atom. The number of nitrogens with one attached hydrogen (secondary N) is 1. The fourth-order valence-corrected chi connectivity index (χ4v) is 2.90. The molecule has 0 heterocycles. The van der Waals surface area contributed by atoms with Gasteiger partial charge in [-0.2, -0.15) is 0 Å². The van der Waals surface area contributed by atoms with Gasteiger partial charge in [-0.15, -0.1) is 0 Å². The van der Waals surface area contributed by atoms with Crippen molar-refractivity contribution in [2.45, 2.75) is 71.8 Å². The largest absolute Gasteiger partial charge is 0.313 e. The first-order valence-corrected chi connectivity index (χ1v) is 6.99. The maximum Gasteiger partial charge on any atom is 0.0118 e. The second-order valence-electron chi connectivity index (χ2n) is 5.43. The Morgan fingerprint density at radius 2 is 1.67 bits per heavy atom. The molecule has 0 aromatic rings. The summed E-state index contributed by atoms with van der Waals surface area (Å²) < 4.78 is 0. The van der Waals surface area contributed by atoms with Gasteiger partial charge in [-0.1, -0.05) is 46.5 Å². The Morgan fingerprint density at radius 3 is 2.27 bits per heavy atom. The smallest absolute Gasteiger partial charge is 0.0118 e. The summed E-state index contributed by atoms with van der Waals surface area (Å²) in [6.07, 6.45) is 9.81. The molecule has 1 N–H and O–H groups in total. The van der Waals surface area contributed by atoms with Crippen molar-refractivity contribution in [3.8, 4) is 0 Å². The lowest BCUT2D eigenvalue weighted by atomic mass is 9.79. The van der Waals surface area contributed by atoms with Crippen molar-refractivity contribution in [1.82, 2.24) is 5.32 Å². The first-order chi connectivity index (χ1) is 7.25. The molecule has 90 valence electrons. The van der Waals surface area contributed by atoms with Crippen LogP contribution < -0.4 is 5.32 Å². The predicted molar refractivity (Wildman–Crippen MR) is 68.1 cm³/mol. The van der Waals surface area contributed by atoms with Crippen LogP contribution in [-0.2, 0) is 0 Å². The molecule has 0 spiro atoms. The third-order valence-electron chi connectivity index (χ3n) is 3.96. The number of rotatable bonds is 6. The summed E-state index contributed by atoms with van der Waals surface area (Å²) in [5, 5.41) is 3.78. The highest BCUT2D eigenvalue weighted by molar-refractivity contribution is 4.83. The van der Waals surface area contributed by atoms with Crippen LogP contribution in [0.3, 0.4) is 0 Å². The molecule has 1 aliphatic rings. The first-order valence-electron chi connectivity index (χ1n) is 6.99. The monoisotopic (exact) mass is 211 g/mol. The minimum Gasteiger partial charge on any atom is -0.313 e. The summed E-state index contributed by atoms with van der Waals surface area (Å²) in [5.41, 5.74) is 0. The van der Waals surface area contributed by atoms with Gasteiger partial charge in [0.2, 0.25) is 0 Å². The highest BCUT2D eigenvalue weighted by atomic mass is 14.9. The molecule has 0 saturated heterocycles. The second kappa shape index (κ2) is 7.27. The van der Waals surface area contributed by atoms with Crippen molar-refractivity contribution in [3.63, 3.8) is 0 Å². The molecule has 1 fully saturated rings. The molecule has 0 bridgehead atoms. The van der Waals surface area contributed by atoms with E-state index in [-0.39, 0.29) is 0 Å². The molecule has 2 unspecified atom stereocenters. The number of unbranched alkanes of at least 4 members (excludes halogenated alkanes) is 3. The van der Waals surface area contributed by atoms with Crippen LogP contribution in [0.15, 0.2) is 0 Å². The maximum absolute atomic E-state index is 3.78. The molecule has 0 amide bonds. The van der Waals surface area contributed by atoms with Gasteiger partial charge in [0.05, 0.1) is 0 Å². The second-order valence-corrected chi connectivity index (χ2v) is 5.43. The lowest BCUT2D eigenvalue weighted by Gasteiger charge is -2.35. The third kappa shape index (κ3) is 4.55. The van der Waals surface area contributed by atoms with Gasteiger partial charge in [0, 0.05) is 6.04 Å². The summed E-state index contributed by atoms with van der Waals surface area (Å²) in [6, 6.07) is 0.792. The normalized spacial score (nSPS) is 31.8. The Hall–Kier alpha value is -0.0400. The predicted octanol–water partition coefficient (Wildman–Crippen LogP) is 3.98. The van der Waals surface area contributed by atoms with Gasteiger partial charge in [0.25, 0.3) is 0 Å². The van der Waals surface area contributed by atoms with Crippen LogP contribution in [0.1, 0.15) is 65.7 Å². The molecule has 2 atom stereocenters. The molecule has 1 rings (SSSR count). The standard InChI is InChI=1S/C14H29N/c1-4-5-6-7-11-15-14-12(2)9-8-10-13(14)3/h12-15H,4-11H2,1-3H3. The molecule has 0 radical (unpaired) electrons. The molecular weight excluding hydrogens is 182 g/mol. The van der Waals surface area contributed by atoms with Gasteiger partial charge in [0.15, 0.2) is 0 Å². The number of hydrogen-bond acceptors (Lipinski definition) is 1. The zero-order valence-electron chi connectivity index (χ0n) is 10.9. The van der Waals surface area contributed by atoms with E-state index in [4.69, 9.17) is 0 Å². The van der Waals surface area contributed by atoms with Crippen LogP contribution in [0.2, 0.25) is 0 Å². The van der Waals surface area contributed by atoms with Gasteiger partial charge in [0.1, 0.15) is 0 Å². The fraction of sp³-hybridized carbons (Fsp3) is 1.00. The Bertz CT molecular complexity index is 145. The van der Waals surface area contributed by atoms with E-state index >= 15 is 0 Å². The Labute approximate surface area is 96.0 Å². The molecule has 1 aliphatic carbocycles. The van der Waals surface area contributed by atoms with Crippen molar-refractivity contribution < 1.29 is 0 Å². The van der Waals surface area contributed by atoms with E-state index in [1.54, 1.807) is 0 Å². The van der Waals surface area contributed by atoms with E-state index < -0.39 is 0 Å². The van der Waals surface area contributed by atoms with E-state index in [1.807, 2.05) is 0 Å². The topological polar surface area (TPSA) is 12.0 Å². The van der Waals surface area contributed by atoms with E-state index in [1.165, 1.54) is 51.5 Å². The highest BCUT2D eigenvalue weighted by Gasteiger charge is 2.26. The zero-order valence-corrected chi connectivity index (χ0v) is 10.9. The Kier molecular flexibility index (Phi) is 6.31. The number of hydrogen-bond donors (Lipinski definition) is 1. The average Bonchev–Trinajstić information content (AvgIpc) is 2.21. The van der Waals surface area contributed by atoms with Crippen molar-refractivity contribution in [1.29, 1.82) is 0 Å². The maximum atomic E-state index is 3.78. The van der Waals surface area contributed by atoms with Crippen molar-refractivity contribution >= 4 is 0 Å². The van der Waals surface area contributed by atoms with Gasteiger partial charge in [-0.25, -0.2) is 0 Å². The van der Waals surface area contributed by atoms with Gasteiger partial charge < -0.3 is 5.32 Å². The Balaban J connectivity index is 2.12. The fourth-order valence-electron chi connectivity index (χ4n) is 2.90. The first kappa shape index (κ1) is 13.0. The van der Waals surface area contributed by atoms with Crippen LogP contribution >= 0.6 is 0 Å². The van der Waals surface area contributed by atoms with Crippen LogP contribution in [0.4, 0.5) is 0 Å². The van der Waals surface area contributed by atoms with Gasteiger partial charge in [-0.3, -0.25) is 0 Å². The van der Waals surface area contributed by atoms with E-state index in [0.29, 0.717) is 0 Å². The van der Waals surface area contributed by atoms with E-state index in [9.17, 15) is 0 Å². The zero-order chi connectivity index (χ0) is 11.1. The summed E-state index contributed by atoms with van der Waals surface area (Å²) in [7, 11) is 0. The van der Waals surface area contributed by atoms with Crippen LogP contribution in [0.5, 0.6) is 0 Å². The minimum absolute atomic E-state index is 0.792. The van der Waals surface area contributed by atoms with Crippen molar-refractivity contribution in [2.24, 2.45) is 11.8 Å². The minimum atomic E-state index is 0.792. The quantitative estimate of drug-likeness (QED) is 0.655. The van der Waals surface area contributed by atoms with E-state index in [2.05, 4.69) is 26.1 Å². The highest BCUT2D eigenvalue weighted by Crippen LogP contribution is 2.28. The molecule has 1 saturated carbocycles. The average molecular weight is 211 g/mol. The summed E-state index contributed by atoms with van der Waals surface area (Å²) in [4.78, 5) is 0. The molecule has 0 aromatic carbocycles. The molecular formula is C14H29N.